The van der Waals surface area contributed by atoms with Crippen LogP contribution in [-0.2, 0) is 7.05 Å². The van der Waals surface area contributed by atoms with Gasteiger partial charge in [0, 0.05) is 13.2 Å². The standard InChI is InChI=1S/C14H13F3N4O3/c1-8-9(7-20(2)19-8)12(22)21(13(18)23)10-5-3-4-6-11(10)24-14(15,16)17/h3-7H,1-2H3,(H2,18,23). The number of rotatable bonds is 3. The fourth-order valence-corrected chi connectivity index (χ4v) is 2.11. The third-order valence-electron chi connectivity index (χ3n) is 3.00. The Bertz CT molecular complexity index is 786. The lowest BCUT2D eigenvalue weighted by Crippen LogP contribution is -2.41. The molecule has 1 heterocycles. The number of aromatic nitrogens is 2. The maximum Gasteiger partial charge on any atom is 0.573 e. The molecule has 0 aliphatic carbocycles. The summed E-state index contributed by atoms with van der Waals surface area (Å²) in [5.41, 5.74) is 5.10. The number of nitrogens with zero attached hydrogens (tertiary/aromatic N) is 3. The molecule has 0 fully saturated rings. The highest BCUT2D eigenvalue weighted by atomic mass is 19.4. The Morgan fingerprint density at radius 3 is 2.42 bits per heavy atom. The molecular formula is C14H13F3N4O3. The lowest BCUT2D eigenvalue weighted by Gasteiger charge is -2.21. The number of carbonyl (C=O) groups is 2. The quantitative estimate of drug-likeness (QED) is 0.927. The number of urea groups is 1. The summed E-state index contributed by atoms with van der Waals surface area (Å²) in [7, 11) is 1.55. The van der Waals surface area contributed by atoms with Gasteiger partial charge in [0.2, 0.25) is 0 Å². The Morgan fingerprint density at radius 2 is 1.92 bits per heavy atom. The predicted molar refractivity (Wildman–Crippen MR) is 77.5 cm³/mol. The Balaban J connectivity index is 2.51. The molecule has 0 aliphatic heterocycles. The second-order valence-electron chi connectivity index (χ2n) is 4.80. The van der Waals surface area contributed by atoms with Crippen molar-refractivity contribution in [3.8, 4) is 5.75 Å². The highest BCUT2D eigenvalue weighted by Gasteiger charge is 2.35. The van der Waals surface area contributed by atoms with Crippen LogP contribution < -0.4 is 15.4 Å². The summed E-state index contributed by atoms with van der Waals surface area (Å²) in [4.78, 5) is 24.7. The van der Waals surface area contributed by atoms with Crippen molar-refractivity contribution >= 4 is 17.6 Å². The predicted octanol–water partition coefficient (Wildman–Crippen LogP) is 2.35. The summed E-state index contributed by atoms with van der Waals surface area (Å²) >= 11 is 0. The number of hydrogen-bond donors (Lipinski definition) is 1. The van der Waals surface area contributed by atoms with Gasteiger partial charge in [0.1, 0.15) is 0 Å². The summed E-state index contributed by atoms with van der Waals surface area (Å²) in [5.74, 6) is -1.63. The Hall–Kier alpha value is -3.04. The van der Waals surface area contributed by atoms with Crippen molar-refractivity contribution in [3.05, 3.63) is 41.7 Å². The van der Waals surface area contributed by atoms with Crippen LogP contribution in [-0.4, -0.2) is 28.1 Å². The maximum absolute atomic E-state index is 12.6. The summed E-state index contributed by atoms with van der Waals surface area (Å²) in [6.07, 6.45) is -3.66. The fraction of sp³-hybridized carbons (Fsp3) is 0.214. The number of amides is 3. The largest absolute Gasteiger partial charge is 0.573 e. The third kappa shape index (κ3) is 3.65. The smallest absolute Gasteiger partial charge is 0.404 e. The second-order valence-corrected chi connectivity index (χ2v) is 4.80. The van der Waals surface area contributed by atoms with E-state index in [1.807, 2.05) is 0 Å². The van der Waals surface area contributed by atoms with E-state index in [4.69, 9.17) is 5.73 Å². The molecule has 7 nitrogen and oxygen atoms in total. The number of nitrogens with two attached hydrogens (primary N) is 1. The van der Waals surface area contributed by atoms with E-state index in [2.05, 4.69) is 9.84 Å². The van der Waals surface area contributed by atoms with Crippen LogP contribution in [0.25, 0.3) is 0 Å². The molecule has 128 valence electrons. The Kier molecular flexibility index (Phi) is 4.49. The average molecular weight is 342 g/mol. The second kappa shape index (κ2) is 6.22. The summed E-state index contributed by atoms with van der Waals surface area (Å²) in [6.45, 7) is 1.52. The first-order valence-electron chi connectivity index (χ1n) is 6.59. The zero-order valence-corrected chi connectivity index (χ0v) is 12.7. The number of alkyl halides is 3. The molecule has 0 aliphatic rings. The van der Waals surface area contributed by atoms with Gasteiger partial charge < -0.3 is 10.5 Å². The molecular weight excluding hydrogens is 329 g/mol. The van der Waals surface area contributed by atoms with Crippen LogP contribution in [0.15, 0.2) is 30.5 Å². The van der Waals surface area contributed by atoms with Crippen molar-refractivity contribution in [1.29, 1.82) is 0 Å². The summed E-state index contributed by atoms with van der Waals surface area (Å²) in [5, 5.41) is 3.96. The fourth-order valence-electron chi connectivity index (χ4n) is 2.11. The van der Waals surface area contributed by atoms with E-state index < -0.39 is 29.7 Å². The minimum absolute atomic E-state index is 0.0260. The number of para-hydroxylation sites is 2. The molecule has 3 amide bonds. The normalized spacial score (nSPS) is 11.2. The first kappa shape index (κ1) is 17.3. The van der Waals surface area contributed by atoms with Gasteiger partial charge in [0.05, 0.1) is 16.9 Å². The minimum atomic E-state index is -4.99. The van der Waals surface area contributed by atoms with Gasteiger partial charge >= 0.3 is 12.4 Å². The highest BCUT2D eigenvalue weighted by molar-refractivity contribution is 6.21. The molecule has 2 rings (SSSR count). The van der Waals surface area contributed by atoms with Crippen LogP contribution >= 0.6 is 0 Å². The molecule has 0 radical (unpaired) electrons. The number of benzene rings is 1. The average Bonchev–Trinajstić information content (AvgIpc) is 2.77. The summed E-state index contributed by atoms with van der Waals surface area (Å²) < 4.78 is 42.8. The first-order chi connectivity index (χ1) is 11.1. The molecule has 0 atom stereocenters. The molecule has 10 heteroatoms. The molecule has 0 saturated heterocycles. The van der Waals surface area contributed by atoms with Crippen LogP contribution in [0.3, 0.4) is 0 Å². The summed E-state index contributed by atoms with van der Waals surface area (Å²) in [6, 6.07) is 3.46. The SMILES string of the molecule is Cc1nn(C)cc1C(=O)N(C(N)=O)c1ccccc1OC(F)(F)F. The van der Waals surface area contributed by atoms with Crippen molar-refractivity contribution < 1.29 is 27.5 Å². The van der Waals surface area contributed by atoms with Gasteiger partial charge in [-0.2, -0.15) is 5.10 Å². The molecule has 0 unspecified atom stereocenters. The van der Waals surface area contributed by atoms with Gasteiger partial charge in [-0.3, -0.25) is 9.48 Å². The zero-order chi connectivity index (χ0) is 18.1. The number of aryl methyl sites for hydroxylation is 2. The van der Waals surface area contributed by atoms with Crippen molar-refractivity contribution in [2.24, 2.45) is 12.8 Å². The van der Waals surface area contributed by atoms with Gasteiger partial charge in [-0.15, -0.1) is 13.2 Å². The van der Waals surface area contributed by atoms with Gasteiger partial charge in [0.15, 0.2) is 5.75 Å². The number of hydrogen-bond acceptors (Lipinski definition) is 4. The minimum Gasteiger partial charge on any atom is -0.404 e. The van der Waals surface area contributed by atoms with E-state index in [1.165, 1.54) is 29.9 Å². The molecule has 0 bridgehead atoms. The van der Waals surface area contributed by atoms with Crippen molar-refractivity contribution in [3.63, 3.8) is 0 Å². The van der Waals surface area contributed by atoms with Gasteiger partial charge in [-0.05, 0) is 19.1 Å². The molecule has 2 aromatic rings. The molecule has 0 saturated carbocycles. The topological polar surface area (TPSA) is 90.5 Å². The molecule has 0 spiro atoms. The van der Waals surface area contributed by atoms with E-state index in [0.717, 1.165) is 12.1 Å². The third-order valence-corrected chi connectivity index (χ3v) is 3.00. The zero-order valence-electron chi connectivity index (χ0n) is 12.7. The van der Waals surface area contributed by atoms with Crippen LogP contribution in [0.2, 0.25) is 0 Å². The number of anilines is 1. The van der Waals surface area contributed by atoms with Crippen molar-refractivity contribution in [1.82, 2.24) is 9.78 Å². The van der Waals surface area contributed by atoms with Gasteiger partial charge in [0.25, 0.3) is 5.91 Å². The van der Waals surface area contributed by atoms with Crippen LogP contribution in [0.5, 0.6) is 5.75 Å². The number of primary amides is 1. The lowest BCUT2D eigenvalue weighted by molar-refractivity contribution is -0.274. The Morgan fingerprint density at radius 1 is 1.29 bits per heavy atom. The van der Waals surface area contributed by atoms with Crippen LogP contribution in [0, 0.1) is 6.92 Å². The highest BCUT2D eigenvalue weighted by Crippen LogP contribution is 2.33. The number of imide groups is 1. The Labute approximate surface area is 134 Å². The van der Waals surface area contributed by atoms with Crippen molar-refractivity contribution in [2.45, 2.75) is 13.3 Å². The molecule has 1 aromatic carbocycles. The van der Waals surface area contributed by atoms with Crippen LogP contribution in [0.4, 0.5) is 23.7 Å². The lowest BCUT2D eigenvalue weighted by atomic mass is 10.2. The molecule has 2 N–H and O–H groups in total. The number of halogens is 3. The van der Waals surface area contributed by atoms with Crippen molar-refractivity contribution in [2.75, 3.05) is 4.90 Å². The van der Waals surface area contributed by atoms with E-state index >= 15 is 0 Å². The van der Waals surface area contributed by atoms with Gasteiger partial charge in [-0.25, -0.2) is 9.69 Å². The van der Waals surface area contributed by atoms with E-state index in [-0.39, 0.29) is 5.56 Å². The monoisotopic (exact) mass is 342 g/mol. The van der Waals surface area contributed by atoms with E-state index in [1.54, 1.807) is 7.05 Å². The molecule has 24 heavy (non-hydrogen) atoms. The molecule has 1 aromatic heterocycles. The van der Waals surface area contributed by atoms with E-state index in [0.29, 0.717) is 10.6 Å². The van der Waals surface area contributed by atoms with E-state index in [9.17, 15) is 22.8 Å². The maximum atomic E-state index is 12.6. The van der Waals surface area contributed by atoms with Gasteiger partial charge in [-0.1, -0.05) is 12.1 Å². The number of carbonyl (C=O) groups excluding carboxylic acids is 2. The number of ether oxygens (including phenoxy) is 1. The first-order valence-corrected chi connectivity index (χ1v) is 6.59. The van der Waals surface area contributed by atoms with Crippen LogP contribution in [0.1, 0.15) is 16.1 Å².